The van der Waals surface area contributed by atoms with E-state index < -0.39 is 5.60 Å². The zero-order valence-electron chi connectivity index (χ0n) is 18.6. The number of rotatable bonds is 2. The van der Waals surface area contributed by atoms with Crippen LogP contribution in [-0.2, 0) is 28.7 Å². The second kappa shape index (κ2) is 10.3. The lowest BCUT2D eigenvalue weighted by Crippen LogP contribution is -2.56. The van der Waals surface area contributed by atoms with Crippen molar-refractivity contribution in [2.24, 2.45) is 23.7 Å². The van der Waals surface area contributed by atoms with E-state index in [9.17, 15) is 14.4 Å². The highest BCUT2D eigenvalue weighted by Gasteiger charge is 2.59. The van der Waals surface area contributed by atoms with E-state index in [1.807, 2.05) is 6.07 Å². The monoisotopic (exact) mass is 446 g/mol. The number of ether oxygens (including phenoxy) is 2. The normalized spacial score (nSPS) is 35.3. The summed E-state index contributed by atoms with van der Waals surface area (Å²) in [5, 5.41) is 0. The van der Waals surface area contributed by atoms with Gasteiger partial charge in [-0.05, 0) is 61.5 Å². The number of Topliss-reactive ketones (excluding diaryl/α,β-unsaturated/α-hetero) is 2. The lowest BCUT2D eigenvalue weighted by Gasteiger charge is -2.50. The lowest BCUT2D eigenvalue weighted by molar-refractivity contribution is -0.170. The molecule has 2 unspecified atom stereocenters. The molecule has 6 atom stereocenters. The summed E-state index contributed by atoms with van der Waals surface area (Å²) in [6, 6.07) is 1.93. The molecule has 5 rings (SSSR count). The summed E-state index contributed by atoms with van der Waals surface area (Å²) < 4.78 is 14.6. The van der Waals surface area contributed by atoms with E-state index in [-0.39, 0.29) is 36.9 Å². The second-order valence-corrected chi connectivity index (χ2v) is 9.00. The SMILES string of the molecule is C=C.COC=O.O=C1CC[C@]2(CCC3CC[C@H]4C(=O)C[C@H](c5ccoc5)CC4[C@H]3C2=O)O1.[HH]. The molecular weight excluding hydrogens is 412 g/mol. The average molecular weight is 447 g/mol. The van der Waals surface area contributed by atoms with Gasteiger partial charge in [0.25, 0.3) is 6.47 Å². The van der Waals surface area contributed by atoms with Gasteiger partial charge in [-0.25, -0.2) is 0 Å². The molecule has 0 bridgehead atoms. The Morgan fingerprint density at radius 3 is 2.53 bits per heavy atom. The molecule has 1 aromatic rings. The van der Waals surface area contributed by atoms with Crippen LogP contribution in [0.5, 0.6) is 0 Å². The standard InChI is InChI=1S/C21H24O5.C2H4O2.C2H4.H2/c22-17-10-14(13-5-8-25-11-13)9-16-15(17)2-1-12-3-6-21(20(24)19(12)16)7-4-18(23)26-21;1-4-2-3;1-2;/h5,8,11-12,14-16,19H,1-4,6-7,9-10H2;2H,1H3;1-2H2;1H/t12?,14-,15-,16?,19+,21+;;;/m1.../s1. The molecule has 3 saturated carbocycles. The maximum absolute atomic E-state index is 13.5. The fourth-order valence-electron chi connectivity index (χ4n) is 6.22. The van der Waals surface area contributed by atoms with Gasteiger partial charge in [-0.3, -0.25) is 19.2 Å². The summed E-state index contributed by atoms with van der Waals surface area (Å²) >= 11 is 0. The zero-order chi connectivity index (χ0) is 23.3. The highest BCUT2D eigenvalue weighted by atomic mass is 16.6. The maximum Gasteiger partial charge on any atom is 0.306 e. The predicted molar refractivity (Wildman–Crippen MR) is 118 cm³/mol. The first kappa shape index (κ1) is 24.0. The van der Waals surface area contributed by atoms with E-state index in [0.29, 0.717) is 43.9 Å². The van der Waals surface area contributed by atoms with E-state index >= 15 is 0 Å². The zero-order valence-corrected chi connectivity index (χ0v) is 18.6. The Morgan fingerprint density at radius 2 is 1.94 bits per heavy atom. The lowest BCUT2D eigenvalue weighted by atomic mass is 9.53. The van der Waals surface area contributed by atoms with Crippen LogP contribution in [0.2, 0.25) is 0 Å². The molecule has 0 aromatic carbocycles. The largest absolute Gasteiger partial charge is 0.472 e. The molecule has 0 radical (unpaired) electrons. The quantitative estimate of drug-likeness (QED) is 0.380. The van der Waals surface area contributed by atoms with Crippen LogP contribution >= 0.6 is 0 Å². The number of esters is 1. The van der Waals surface area contributed by atoms with Gasteiger partial charge in [0.15, 0.2) is 11.4 Å². The molecule has 7 nitrogen and oxygen atoms in total. The number of carbonyl (C=O) groups excluding carboxylic acids is 4. The van der Waals surface area contributed by atoms with Crippen molar-refractivity contribution in [3.63, 3.8) is 0 Å². The maximum atomic E-state index is 13.5. The van der Waals surface area contributed by atoms with Crippen LogP contribution in [0.25, 0.3) is 0 Å². The fraction of sp³-hybridized carbons (Fsp3) is 0.600. The Bertz CT molecular complexity index is 836. The summed E-state index contributed by atoms with van der Waals surface area (Å²) in [7, 11) is 1.31. The molecule has 1 spiro atoms. The molecule has 2 heterocycles. The molecule has 0 amide bonds. The van der Waals surface area contributed by atoms with E-state index in [0.717, 1.165) is 31.2 Å². The fourth-order valence-corrected chi connectivity index (χ4v) is 6.22. The molecule has 1 aliphatic heterocycles. The third-order valence-electron chi connectivity index (χ3n) is 7.58. The van der Waals surface area contributed by atoms with Crippen molar-refractivity contribution in [2.75, 3.05) is 7.11 Å². The van der Waals surface area contributed by atoms with E-state index in [1.54, 1.807) is 12.5 Å². The van der Waals surface area contributed by atoms with Crippen LogP contribution in [0, 0.1) is 23.7 Å². The number of methoxy groups -OCH3 is 1. The van der Waals surface area contributed by atoms with Gasteiger partial charge in [0.1, 0.15) is 5.78 Å². The second-order valence-electron chi connectivity index (χ2n) is 9.00. The first-order chi connectivity index (χ1) is 15.5. The Hall–Kier alpha value is -2.70. The highest BCUT2D eigenvalue weighted by molar-refractivity contribution is 5.95. The van der Waals surface area contributed by atoms with Crippen LogP contribution < -0.4 is 0 Å². The third kappa shape index (κ3) is 4.43. The summed E-state index contributed by atoms with van der Waals surface area (Å²) in [4.78, 5) is 47.0. The van der Waals surface area contributed by atoms with Gasteiger partial charge in [-0.2, -0.15) is 0 Å². The van der Waals surface area contributed by atoms with Crippen LogP contribution in [0.4, 0.5) is 0 Å². The number of ketones is 2. The van der Waals surface area contributed by atoms with Gasteiger partial charge in [-0.15, -0.1) is 13.2 Å². The molecule has 0 N–H and O–H groups in total. The molecule has 1 aromatic heterocycles. The number of carbonyl (C=O) groups is 4. The molecular formula is C25H34O7. The van der Waals surface area contributed by atoms with Crippen molar-refractivity contribution in [1.29, 1.82) is 0 Å². The summed E-state index contributed by atoms with van der Waals surface area (Å²) in [6.07, 6.45) is 9.08. The van der Waals surface area contributed by atoms with Crippen LogP contribution in [0.15, 0.2) is 36.2 Å². The Kier molecular flexibility index (Phi) is 7.69. The third-order valence-corrected chi connectivity index (χ3v) is 7.58. The Morgan fingerprint density at radius 1 is 1.19 bits per heavy atom. The predicted octanol–water partition coefficient (Wildman–Crippen LogP) is 4.26. The first-order valence-electron chi connectivity index (χ1n) is 11.3. The van der Waals surface area contributed by atoms with Crippen molar-refractivity contribution < 1.29 is 34.5 Å². The summed E-state index contributed by atoms with van der Waals surface area (Å²) in [5.41, 5.74) is 0.162. The highest BCUT2D eigenvalue weighted by Crippen LogP contribution is 2.55. The first-order valence-corrected chi connectivity index (χ1v) is 11.3. The molecule has 7 heteroatoms. The summed E-state index contributed by atoms with van der Waals surface area (Å²) in [5.74, 6) is 0.570. The minimum Gasteiger partial charge on any atom is -0.472 e. The van der Waals surface area contributed by atoms with Gasteiger partial charge in [0, 0.05) is 32.5 Å². The van der Waals surface area contributed by atoms with Gasteiger partial charge in [-0.1, -0.05) is 0 Å². The molecule has 176 valence electrons. The minimum atomic E-state index is -0.897. The van der Waals surface area contributed by atoms with Gasteiger partial charge in [0.05, 0.1) is 19.6 Å². The molecule has 1 saturated heterocycles. The van der Waals surface area contributed by atoms with Gasteiger partial charge in [0.2, 0.25) is 0 Å². The van der Waals surface area contributed by atoms with Crippen molar-refractivity contribution >= 4 is 24.0 Å². The van der Waals surface area contributed by atoms with Crippen molar-refractivity contribution in [3.05, 3.63) is 37.3 Å². The topological polar surface area (TPSA) is 99.9 Å². The van der Waals surface area contributed by atoms with Gasteiger partial charge >= 0.3 is 5.97 Å². The molecule has 4 fully saturated rings. The summed E-state index contributed by atoms with van der Waals surface area (Å²) in [6.45, 7) is 6.38. The molecule has 32 heavy (non-hydrogen) atoms. The van der Waals surface area contributed by atoms with E-state index in [1.165, 1.54) is 7.11 Å². The average Bonchev–Trinajstić information content (AvgIpc) is 3.48. The van der Waals surface area contributed by atoms with Crippen LogP contribution in [0.3, 0.4) is 0 Å². The van der Waals surface area contributed by atoms with Crippen molar-refractivity contribution in [1.82, 2.24) is 0 Å². The Balaban J connectivity index is 0.000000501. The molecule has 3 aliphatic carbocycles. The number of furan rings is 1. The number of fused-ring (bicyclic) bond motifs is 3. The van der Waals surface area contributed by atoms with Crippen LogP contribution in [-0.4, -0.2) is 36.7 Å². The van der Waals surface area contributed by atoms with E-state index in [2.05, 4.69) is 17.9 Å². The van der Waals surface area contributed by atoms with Crippen LogP contribution in [0.1, 0.15) is 64.3 Å². The minimum absolute atomic E-state index is 0. The number of hydrogen-bond acceptors (Lipinski definition) is 7. The van der Waals surface area contributed by atoms with E-state index in [4.69, 9.17) is 13.9 Å². The Labute approximate surface area is 190 Å². The molecule has 4 aliphatic rings. The van der Waals surface area contributed by atoms with Crippen molar-refractivity contribution in [3.8, 4) is 0 Å². The smallest absolute Gasteiger partial charge is 0.306 e. The van der Waals surface area contributed by atoms with Gasteiger partial charge < -0.3 is 13.9 Å². The number of hydrogen-bond donors (Lipinski definition) is 0. The van der Waals surface area contributed by atoms with Crippen molar-refractivity contribution in [2.45, 2.75) is 62.9 Å².